The summed E-state index contributed by atoms with van der Waals surface area (Å²) in [7, 11) is 0. The van der Waals surface area contributed by atoms with Crippen molar-refractivity contribution < 1.29 is 9.32 Å². The summed E-state index contributed by atoms with van der Waals surface area (Å²) in [6.07, 6.45) is 0. The Morgan fingerprint density at radius 1 is 1.53 bits per heavy atom. The summed E-state index contributed by atoms with van der Waals surface area (Å²) in [5.41, 5.74) is 1.03. The molecule has 0 aromatic carbocycles. The third kappa shape index (κ3) is 2.17. The zero-order valence-electron chi connectivity index (χ0n) is 9.89. The van der Waals surface area contributed by atoms with Gasteiger partial charge in [0, 0.05) is 12.6 Å². The summed E-state index contributed by atoms with van der Waals surface area (Å²) in [6.45, 7) is 5.97. The van der Waals surface area contributed by atoms with Crippen molar-refractivity contribution in [3.05, 3.63) is 23.2 Å². The van der Waals surface area contributed by atoms with E-state index in [2.05, 4.69) is 20.8 Å². The molecule has 1 amide bonds. The average Bonchev–Trinajstić information content (AvgIpc) is 2.84. The first-order valence-corrected chi connectivity index (χ1v) is 5.26. The maximum atomic E-state index is 12.0. The van der Waals surface area contributed by atoms with Gasteiger partial charge < -0.3 is 9.84 Å². The molecule has 1 N–H and O–H groups in total. The number of hydrogen-bond acceptors (Lipinski definition) is 5. The zero-order chi connectivity index (χ0) is 12.4. The molecule has 0 spiro atoms. The minimum absolute atomic E-state index is 0.289. The summed E-state index contributed by atoms with van der Waals surface area (Å²) in [4.78, 5) is 12.0. The van der Waals surface area contributed by atoms with Crippen LogP contribution < -0.4 is 5.32 Å². The van der Waals surface area contributed by atoms with Crippen molar-refractivity contribution in [2.24, 2.45) is 0 Å². The molecule has 0 atom stereocenters. The Balaban J connectivity index is 2.22. The molecule has 7 heteroatoms. The number of nitrogens with zero attached hydrogens (tertiary/aromatic N) is 4. The van der Waals surface area contributed by atoms with Crippen LogP contribution in [0.3, 0.4) is 0 Å². The van der Waals surface area contributed by atoms with Crippen LogP contribution in [-0.4, -0.2) is 26.1 Å². The number of anilines is 1. The van der Waals surface area contributed by atoms with E-state index < -0.39 is 0 Å². The monoisotopic (exact) mass is 235 g/mol. The molecule has 0 aliphatic carbocycles. The van der Waals surface area contributed by atoms with Crippen LogP contribution in [0.1, 0.15) is 28.9 Å². The molecule has 0 saturated carbocycles. The largest absolute Gasteiger partial charge is 0.360 e. The van der Waals surface area contributed by atoms with Crippen molar-refractivity contribution in [2.75, 3.05) is 5.32 Å². The Morgan fingerprint density at radius 2 is 2.29 bits per heavy atom. The molecule has 0 unspecified atom stereocenters. The molecule has 0 bridgehead atoms. The van der Waals surface area contributed by atoms with Crippen LogP contribution in [-0.2, 0) is 6.54 Å². The molecule has 2 aromatic rings. The third-order valence-corrected chi connectivity index (χ3v) is 2.29. The fourth-order valence-electron chi connectivity index (χ4n) is 1.50. The van der Waals surface area contributed by atoms with Crippen LogP contribution in [0.2, 0.25) is 0 Å². The second kappa shape index (κ2) is 4.36. The standard InChI is InChI=1S/C10H13N5O2/c1-4-15-9(7(3)12-14-15)10(16)11-8-5-6(2)17-13-8/h5H,4H2,1-3H3,(H,11,13,16). The molecular formula is C10H13N5O2. The highest BCUT2D eigenvalue weighted by atomic mass is 16.5. The number of aromatic nitrogens is 4. The molecule has 2 heterocycles. The maximum absolute atomic E-state index is 12.0. The Morgan fingerprint density at radius 3 is 2.88 bits per heavy atom. The predicted octanol–water partition coefficient (Wildman–Crippen LogP) is 1.16. The van der Waals surface area contributed by atoms with Gasteiger partial charge in [-0.25, -0.2) is 4.68 Å². The van der Waals surface area contributed by atoms with Crippen LogP contribution >= 0.6 is 0 Å². The van der Waals surface area contributed by atoms with E-state index in [0.717, 1.165) is 0 Å². The van der Waals surface area contributed by atoms with Gasteiger partial charge in [-0.3, -0.25) is 4.79 Å². The first kappa shape index (κ1) is 11.3. The molecule has 7 nitrogen and oxygen atoms in total. The highest BCUT2D eigenvalue weighted by molar-refractivity contribution is 6.03. The normalized spacial score (nSPS) is 10.5. The second-order valence-electron chi connectivity index (χ2n) is 3.62. The lowest BCUT2D eigenvalue weighted by Crippen LogP contribution is -2.18. The minimum atomic E-state index is -0.289. The van der Waals surface area contributed by atoms with Crippen LogP contribution in [0.25, 0.3) is 0 Å². The number of aryl methyl sites for hydroxylation is 3. The molecule has 2 rings (SSSR count). The Bertz CT molecular complexity index is 543. The molecule has 0 aliphatic rings. The topological polar surface area (TPSA) is 85.8 Å². The zero-order valence-corrected chi connectivity index (χ0v) is 9.89. The first-order valence-electron chi connectivity index (χ1n) is 5.26. The predicted molar refractivity (Wildman–Crippen MR) is 59.6 cm³/mol. The van der Waals surface area contributed by atoms with E-state index in [4.69, 9.17) is 4.52 Å². The van der Waals surface area contributed by atoms with Crippen LogP contribution in [0.5, 0.6) is 0 Å². The van der Waals surface area contributed by atoms with Gasteiger partial charge in [0.1, 0.15) is 11.5 Å². The SMILES string of the molecule is CCn1nnc(C)c1C(=O)Nc1cc(C)on1. The van der Waals surface area contributed by atoms with Gasteiger partial charge in [0.15, 0.2) is 5.82 Å². The molecular weight excluding hydrogens is 222 g/mol. The summed E-state index contributed by atoms with van der Waals surface area (Å²) < 4.78 is 6.41. The summed E-state index contributed by atoms with van der Waals surface area (Å²) in [5, 5.41) is 14.1. The minimum Gasteiger partial charge on any atom is -0.360 e. The summed E-state index contributed by atoms with van der Waals surface area (Å²) in [5.74, 6) is 0.734. The Labute approximate surface area is 97.8 Å². The molecule has 90 valence electrons. The molecule has 0 radical (unpaired) electrons. The second-order valence-corrected chi connectivity index (χ2v) is 3.62. The number of hydrogen-bond donors (Lipinski definition) is 1. The highest BCUT2D eigenvalue weighted by Crippen LogP contribution is 2.11. The van der Waals surface area contributed by atoms with E-state index in [1.54, 1.807) is 19.9 Å². The van der Waals surface area contributed by atoms with Crippen molar-refractivity contribution >= 4 is 11.7 Å². The average molecular weight is 235 g/mol. The highest BCUT2D eigenvalue weighted by Gasteiger charge is 2.17. The van der Waals surface area contributed by atoms with E-state index in [1.165, 1.54) is 4.68 Å². The van der Waals surface area contributed by atoms with E-state index in [0.29, 0.717) is 29.5 Å². The fraction of sp³-hybridized carbons (Fsp3) is 0.400. The molecule has 17 heavy (non-hydrogen) atoms. The molecule has 2 aromatic heterocycles. The molecule has 0 saturated heterocycles. The quantitative estimate of drug-likeness (QED) is 0.862. The van der Waals surface area contributed by atoms with E-state index in [-0.39, 0.29) is 5.91 Å². The van der Waals surface area contributed by atoms with Gasteiger partial charge in [-0.2, -0.15) is 0 Å². The maximum Gasteiger partial charge on any atom is 0.277 e. The van der Waals surface area contributed by atoms with Crippen LogP contribution in [0.4, 0.5) is 5.82 Å². The number of carbonyl (C=O) groups is 1. The number of rotatable bonds is 3. The number of amides is 1. The van der Waals surface area contributed by atoms with Crippen molar-refractivity contribution in [3.8, 4) is 0 Å². The lowest BCUT2D eigenvalue weighted by Gasteiger charge is -2.03. The van der Waals surface area contributed by atoms with Crippen molar-refractivity contribution in [1.82, 2.24) is 20.2 Å². The van der Waals surface area contributed by atoms with Crippen molar-refractivity contribution in [2.45, 2.75) is 27.3 Å². The molecule has 0 aliphatic heterocycles. The van der Waals surface area contributed by atoms with Crippen molar-refractivity contribution in [3.63, 3.8) is 0 Å². The van der Waals surface area contributed by atoms with Crippen molar-refractivity contribution in [1.29, 1.82) is 0 Å². The third-order valence-electron chi connectivity index (χ3n) is 2.29. The lowest BCUT2D eigenvalue weighted by molar-refractivity contribution is 0.101. The molecule has 0 fully saturated rings. The van der Waals surface area contributed by atoms with Crippen LogP contribution in [0.15, 0.2) is 10.6 Å². The van der Waals surface area contributed by atoms with Gasteiger partial charge in [0.2, 0.25) is 0 Å². The van der Waals surface area contributed by atoms with E-state index in [9.17, 15) is 4.79 Å². The smallest absolute Gasteiger partial charge is 0.277 e. The van der Waals surface area contributed by atoms with E-state index in [1.807, 2.05) is 6.92 Å². The Hall–Kier alpha value is -2.18. The van der Waals surface area contributed by atoms with Gasteiger partial charge in [-0.05, 0) is 20.8 Å². The van der Waals surface area contributed by atoms with Gasteiger partial charge >= 0.3 is 0 Å². The van der Waals surface area contributed by atoms with E-state index >= 15 is 0 Å². The lowest BCUT2D eigenvalue weighted by atomic mass is 10.3. The first-order chi connectivity index (χ1) is 8.11. The van der Waals surface area contributed by atoms with Gasteiger partial charge in [0.05, 0.1) is 5.69 Å². The number of nitrogens with one attached hydrogen (secondary N) is 1. The summed E-state index contributed by atoms with van der Waals surface area (Å²) in [6, 6.07) is 1.65. The fourth-order valence-corrected chi connectivity index (χ4v) is 1.50. The number of carbonyl (C=O) groups excluding carboxylic acids is 1. The van der Waals surface area contributed by atoms with Crippen LogP contribution in [0, 0.1) is 13.8 Å². The van der Waals surface area contributed by atoms with Gasteiger partial charge in [-0.1, -0.05) is 10.4 Å². The van der Waals surface area contributed by atoms with Gasteiger partial charge in [0.25, 0.3) is 5.91 Å². The summed E-state index contributed by atoms with van der Waals surface area (Å²) >= 11 is 0. The van der Waals surface area contributed by atoms with Gasteiger partial charge in [-0.15, -0.1) is 5.10 Å². The Kier molecular flexibility index (Phi) is 2.90.